The Bertz CT molecular complexity index is 2580. The Morgan fingerprint density at radius 1 is 0.333 bits per heavy atom. The van der Waals surface area contributed by atoms with Gasteiger partial charge in [0.25, 0.3) is 0 Å². The SMILES string of the molecule is CC/C=C\C/C=C\C/C=C\C/C=C\C/C=C\C/C=C\C/C=C\C/C=C\C/C=C\C/C=C\CCCCCCCCCCC(=O)NC(COC1OC(CO)C(OC2OC(CO)C(OC3OC(CO)C(O)C(O)C3O)C(O)C2O)C(O)C1O)C(O)/C=C/CC/C=C/CCCCCCCCCCCCCCCCCCCCCCC. The highest BCUT2D eigenvalue weighted by atomic mass is 16.8. The van der Waals surface area contributed by atoms with Crippen molar-refractivity contribution in [3.8, 4) is 0 Å². The summed E-state index contributed by atoms with van der Waals surface area (Å²) in [6, 6.07) is -1.01. The molecule has 3 aliphatic heterocycles. The number of nitrogens with one attached hydrogen (secondary N) is 1. The average Bonchev–Trinajstić information content (AvgIpc) is 0.780. The molecule has 19 nitrogen and oxygen atoms in total. The lowest BCUT2D eigenvalue weighted by Crippen LogP contribution is -2.66. The summed E-state index contributed by atoms with van der Waals surface area (Å²) in [6.07, 6.45) is 75.5. The molecule has 19 heteroatoms. The molecule has 0 radical (unpaired) electrons. The number of carbonyl (C=O) groups is 1. The maximum absolute atomic E-state index is 13.5. The number of carbonyl (C=O) groups excluding carboxylic acids is 1. The lowest BCUT2D eigenvalue weighted by Gasteiger charge is -2.48. The molecule has 0 aromatic carbocycles. The van der Waals surface area contributed by atoms with E-state index in [1.807, 2.05) is 6.08 Å². The number of aliphatic hydroxyl groups is 11. The summed E-state index contributed by atoms with van der Waals surface area (Å²) in [7, 11) is 0. The van der Waals surface area contributed by atoms with E-state index < -0.39 is 124 Å². The van der Waals surface area contributed by atoms with Gasteiger partial charge in [-0.05, 0) is 109 Å². The first kappa shape index (κ1) is 101. The van der Waals surface area contributed by atoms with Gasteiger partial charge in [0.2, 0.25) is 5.91 Å². The summed E-state index contributed by atoms with van der Waals surface area (Å²) >= 11 is 0. The summed E-state index contributed by atoms with van der Waals surface area (Å²) in [5, 5.41) is 121. The van der Waals surface area contributed by atoms with Crippen LogP contribution in [0.2, 0.25) is 0 Å². The summed E-state index contributed by atoms with van der Waals surface area (Å²) < 4.78 is 34.5. The zero-order valence-electron chi connectivity index (χ0n) is 68.4. The first-order chi connectivity index (χ1) is 54.3. The molecule has 0 aromatic heterocycles. The Kier molecular flexibility index (Phi) is 63.5. The fourth-order valence-electron chi connectivity index (χ4n) is 13.7. The molecule has 12 N–H and O–H groups in total. The minimum absolute atomic E-state index is 0.217. The van der Waals surface area contributed by atoms with Crippen LogP contribution in [0.1, 0.15) is 296 Å². The minimum Gasteiger partial charge on any atom is -0.394 e. The van der Waals surface area contributed by atoms with E-state index in [9.17, 15) is 61.0 Å². The van der Waals surface area contributed by atoms with Crippen molar-refractivity contribution in [3.05, 3.63) is 146 Å². The van der Waals surface area contributed by atoms with E-state index in [1.165, 1.54) is 135 Å². The second-order valence-electron chi connectivity index (χ2n) is 30.3. The van der Waals surface area contributed by atoms with Gasteiger partial charge in [0.1, 0.15) is 73.2 Å². The van der Waals surface area contributed by atoms with Crippen molar-refractivity contribution in [1.29, 1.82) is 0 Å². The van der Waals surface area contributed by atoms with E-state index in [1.54, 1.807) is 6.08 Å². The molecule has 1 amide bonds. The van der Waals surface area contributed by atoms with E-state index in [0.29, 0.717) is 12.8 Å². The van der Waals surface area contributed by atoms with Crippen LogP contribution in [-0.2, 0) is 33.2 Å². The Morgan fingerprint density at radius 3 is 1.01 bits per heavy atom. The quantitative estimate of drug-likeness (QED) is 0.0199. The van der Waals surface area contributed by atoms with Gasteiger partial charge in [0.05, 0.1) is 38.6 Å². The van der Waals surface area contributed by atoms with E-state index in [4.69, 9.17) is 28.4 Å². The van der Waals surface area contributed by atoms with Crippen molar-refractivity contribution < 1.29 is 89.4 Å². The highest BCUT2D eigenvalue weighted by molar-refractivity contribution is 5.76. The first-order valence-electron chi connectivity index (χ1n) is 43.6. The largest absolute Gasteiger partial charge is 0.394 e. The van der Waals surface area contributed by atoms with Crippen LogP contribution >= 0.6 is 0 Å². The smallest absolute Gasteiger partial charge is 0.220 e. The Labute approximate surface area is 670 Å². The number of hydrogen-bond acceptors (Lipinski definition) is 18. The van der Waals surface area contributed by atoms with E-state index >= 15 is 0 Å². The van der Waals surface area contributed by atoms with E-state index in [-0.39, 0.29) is 18.9 Å². The molecule has 0 bridgehead atoms. The second kappa shape index (κ2) is 69.9. The lowest BCUT2D eigenvalue weighted by molar-refractivity contribution is -0.379. The summed E-state index contributed by atoms with van der Waals surface area (Å²) in [5.74, 6) is -0.297. The molecule has 636 valence electrons. The molecule has 0 aromatic rings. The molecule has 0 aliphatic carbocycles. The van der Waals surface area contributed by atoms with E-state index in [0.717, 1.165) is 128 Å². The molecule has 111 heavy (non-hydrogen) atoms. The standard InChI is InChI=1S/C92H155NO18/c1-3-5-7-9-11-13-15-17-19-21-23-25-27-29-31-32-33-34-35-36-37-38-39-40-41-42-44-46-48-50-52-54-56-58-60-62-64-66-68-70-80(98)93-75(76(97)69-67-65-63-61-59-57-55-53-51-49-47-45-43-30-28-26-24-22-20-18-16-14-12-10-8-6-4-2)74-106-90-86(104)83(101)88(78(72-95)108-90)111-92-87(105)84(102)89(79(73-96)109-92)110-91-85(103)82(100)81(99)77(71-94)107-91/h5,7,11,13,17,19,23,25,29,31,33-34,36-37,39-40,42,44,48,50,59,61,67,69,75-79,81-92,94-97,99-105H,3-4,6,8-10,12,14-16,18,20-22,24,26-28,30,32,35,38,41,43,45-47,49,51-58,60,62-66,68,70-74H2,1-2H3,(H,93,98)/b7-5-,13-11-,19-17-,25-23-,31-29-,34-33-,37-36-,40-39-,44-42-,50-48-,61-59+,69-67+. The van der Waals surface area contributed by atoms with Crippen molar-refractivity contribution in [3.63, 3.8) is 0 Å². The van der Waals surface area contributed by atoms with Gasteiger partial charge in [0.15, 0.2) is 18.9 Å². The fourth-order valence-corrected chi connectivity index (χ4v) is 13.7. The van der Waals surface area contributed by atoms with Crippen molar-refractivity contribution in [2.24, 2.45) is 0 Å². The number of allylic oxidation sites excluding steroid dienone is 23. The molecule has 3 rings (SSSR count). The number of amides is 1. The minimum atomic E-state index is -1.99. The van der Waals surface area contributed by atoms with Crippen LogP contribution in [0.4, 0.5) is 0 Å². The molecule has 3 heterocycles. The van der Waals surface area contributed by atoms with Gasteiger partial charge in [-0.25, -0.2) is 0 Å². The third kappa shape index (κ3) is 48.7. The molecule has 3 fully saturated rings. The van der Waals surface area contributed by atoms with Crippen LogP contribution in [0.3, 0.4) is 0 Å². The van der Waals surface area contributed by atoms with Crippen molar-refractivity contribution >= 4 is 5.91 Å². The molecular formula is C92H155NO18. The predicted octanol–water partition coefficient (Wildman–Crippen LogP) is 16.2. The molecule has 3 saturated heterocycles. The normalized spacial score (nSPS) is 25.8. The third-order valence-electron chi connectivity index (χ3n) is 20.6. The van der Waals surface area contributed by atoms with Crippen LogP contribution in [0, 0.1) is 0 Å². The number of hydrogen-bond donors (Lipinski definition) is 12. The highest BCUT2D eigenvalue weighted by Gasteiger charge is 2.54. The van der Waals surface area contributed by atoms with Crippen LogP contribution in [-0.4, -0.2) is 193 Å². The zero-order chi connectivity index (χ0) is 80.3. The van der Waals surface area contributed by atoms with Crippen LogP contribution in [0.5, 0.6) is 0 Å². The van der Waals surface area contributed by atoms with Crippen LogP contribution in [0.25, 0.3) is 0 Å². The number of aliphatic hydroxyl groups excluding tert-OH is 11. The van der Waals surface area contributed by atoms with E-state index in [2.05, 4.69) is 153 Å². The molecule has 0 saturated carbocycles. The van der Waals surface area contributed by atoms with Gasteiger partial charge in [-0.3, -0.25) is 4.79 Å². The second-order valence-corrected chi connectivity index (χ2v) is 30.3. The van der Waals surface area contributed by atoms with Crippen LogP contribution < -0.4 is 5.32 Å². The van der Waals surface area contributed by atoms with Crippen molar-refractivity contribution in [1.82, 2.24) is 5.32 Å². The van der Waals surface area contributed by atoms with Gasteiger partial charge >= 0.3 is 0 Å². The molecule has 17 atom stereocenters. The van der Waals surface area contributed by atoms with Gasteiger partial charge in [0, 0.05) is 6.42 Å². The number of rotatable bonds is 68. The Hall–Kier alpha value is -4.33. The fraction of sp³-hybridized carbons (Fsp3) is 0.728. The van der Waals surface area contributed by atoms with Gasteiger partial charge in [-0.2, -0.15) is 0 Å². The topological polar surface area (TPSA) is 307 Å². The third-order valence-corrected chi connectivity index (χ3v) is 20.6. The maximum atomic E-state index is 13.5. The number of ether oxygens (including phenoxy) is 6. The predicted molar refractivity (Wildman–Crippen MR) is 447 cm³/mol. The van der Waals surface area contributed by atoms with Gasteiger partial charge < -0.3 is 89.9 Å². The maximum Gasteiger partial charge on any atom is 0.220 e. The number of unbranched alkanes of at least 4 members (excludes halogenated alkanes) is 30. The van der Waals surface area contributed by atoms with Crippen molar-refractivity contribution in [2.45, 2.75) is 401 Å². The molecule has 17 unspecified atom stereocenters. The molecule has 3 aliphatic rings. The summed E-state index contributed by atoms with van der Waals surface area (Å²) in [4.78, 5) is 13.5. The average molecular weight is 1560 g/mol. The molecular weight excluding hydrogens is 1410 g/mol. The zero-order valence-corrected chi connectivity index (χ0v) is 68.4. The monoisotopic (exact) mass is 1560 g/mol. The highest BCUT2D eigenvalue weighted by Crippen LogP contribution is 2.33. The van der Waals surface area contributed by atoms with Gasteiger partial charge in [-0.15, -0.1) is 0 Å². The first-order valence-corrected chi connectivity index (χ1v) is 43.6. The Balaban J connectivity index is 1.36. The Morgan fingerprint density at radius 2 is 0.631 bits per heavy atom. The van der Waals surface area contributed by atoms with Crippen LogP contribution in [0.15, 0.2) is 146 Å². The lowest BCUT2D eigenvalue weighted by atomic mass is 9.96. The molecule has 0 spiro atoms. The van der Waals surface area contributed by atoms with Gasteiger partial charge in [-0.1, -0.05) is 327 Å². The van der Waals surface area contributed by atoms with Crippen molar-refractivity contribution in [2.75, 3.05) is 26.4 Å². The summed E-state index contributed by atoms with van der Waals surface area (Å²) in [5.41, 5.74) is 0. The summed E-state index contributed by atoms with van der Waals surface area (Å²) in [6.45, 7) is 1.61.